The number of para-hydroxylation sites is 1. The first-order valence-electron chi connectivity index (χ1n) is 6.85. The molecule has 2 aromatic rings. The number of methoxy groups -OCH3 is 1. The van der Waals surface area contributed by atoms with Gasteiger partial charge in [0.2, 0.25) is 0 Å². The largest absolute Gasteiger partial charge is 0.496 e. The fourth-order valence-corrected chi connectivity index (χ4v) is 2.92. The van der Waals surface area contributed by atoms with E-state index in [9.17, 15) is 5.11 Å². The zero-order valence-electron chi connectivity index (χ0n) is 12.2. The molecule has 0 saturated heterocycles. The van der Waals surface area contributed by atoms with Crippen molar-refractivity contribution in [3.8, 4) is 5.75 Å². The number of ether oxygens (including phenoxy) is 1. The number of aliphatic hydroxyl groups is 1. The topological polar surface area (TPSA) is 55.5 Å². The normalized spacial score (nSPS) is 13.8. The van der Waals surface area contributed by atoms with Gasteiger partial charge >= 0.3 is 0 Å². The molecule has 2 aromatic carbocycles. The van der Waals surface area contributed by atoms with Crippen LogP contribution in [0.4, 0.5) is 0 Å². The number of halogens is 1. The lowest BCUT2D eigenvalue weighted by molar-refractivity contribution is 0.145. The van der Waals surface area contributed by atoms with Gasteiger partial charge in [-0.3, -0.25) is 0 Å². The molecule has 0 aliphatic heterocycles. The third-order valence-corrected chi connectivity index (χ3v) is 4.23. The Morgan fingerprint density at radius 1 is 1.19 bits per heavy atom. The summed E-state index contributed by atoms with van der Waals surface area (Å²) in [6.07, 6.45) is -0.677. The fraction of sp³-hybridized carbons (Fsp3) is 0.294. The molecule has 0 spiro atoms. The van der Waals surface area contributed by atoms with E-state index in [0.717, 1.165) is 26.9 Å². The first kappa shape index (κ1) is 16.0. The summed E-state index contributed by atoms with van der Waals surface area (Å²) in [5.41, 5.74) is 8.77. The molecule has 0 saturated carbocycles. The molecular weight excluding hydrogens is 330 g/mol. The van der Waals surface area contributed by atoms with E-state index in [1.807, 2.05) is 49.4 Å². The van der Waals surface area contributed by atoms with Crippen LogP contribution >= 0.6 is 15.9 Å². The number of nitrogens with two attached hydrogens (primary N) is 1. The highest BCUT2D eigenvalue weighted by Crippen LogP contribution is 2.37. The van der Waals surface area contributed by atoms with Crippen molar-refractivity contribution < 1.29 is 9.84 Å². The van der Waals surface area contributed by atoms with Crippen molar-refractivity contribution in [3.05, 3.63) is 63.6 Å². The smallest absolute Gasteiger partial charge is 0.122 e. The van der Waals surface area contributed by atoms with Crippen molar-refractivity contribution in [2.45, 2.75) is 18.9 Å². The summed E-state index contributed by atoms with van der Waals surface area (Å²) >= 11 is 3.45. The molecule has 2 atom stereocenters. The van der Waals surface area contributed by atoms with Crippen molar-refractivity contribution in [2.24, 2.45) is 5.73 Å². The van der Waals surface area contributed by atoms with Gasteiger partial charge in [-0.1, -0.05) is 40.2 Å². The fourth-order valence-electron chi connectivity index (χ4n) is 2.55. The molecule has 112 valence electrons. The number of aliphatic hydroxyl groups excluding tert-OH is 1. The Hall–Kier alpha value is -1.36. The minimum atomic E-state index is -0.677. The van der Waals surface area contributed by atoms with E-state index in [1.165, 1.54) is 0 Å². The van der Waals surface area contributed by atoms with Gasteiger partial charge in [-0.05, 0) is 36.2 Å². The summed E-state index contributed by atoms with van der Waals surface area (Å²) in [6, 6.07) is 13.6. The van der Waals surface area contributed by atoms with Gasteiger partial charge < -0.3 is 15.6 Å². The molecule has 0 bridgehead atoms. The lowest BCUT2D eigenvalue weighted by Gasteiger charge is -2.25. The minimum absolute atomic E-state index is 0.214. The Morgan fingerprint density at radius 2 is 1.90 bits per heavy atom. The Labute approximate surface area is 133 Å². The number of hydrogen-bond donors (Lipinski definition) is 2. The highest BCUT2D eigenvalue weighted by Gasteiger charge is 2.25. The summed E-state index contributed by atoms with van der Waals surface area (Å²) < 4.78 is 6.33. The Kier molecular flexibility index (Phi) is 5.39. The molecule has 0 amide bonds. The molecule has 21 heavy (non-hydrogen) atoms. The van der Waals surface area contributed by atoms with Gasteiger partial charge in [0.05, 0.1) is 13.2 Å². The Balaban J connectivity index is 2.43. The Morgan fingerprint density at radius 3 is 2.57 bits per heavy atom. The molecule has 4 heteroatoms. The van der Waals surface area contributed by atoms with Crippen LogP contribution in [0.1, 0.15) is 28.7 Å². The van der Waals surface area contributed by atoms with Crippen molar-refractivity contribution in [1.29, 1.82) is 0 Å². The van der Waals surface area contributed by atoms with E-state index in [4.69, 9.17) is 10.5 Å². The summed E-state index contributed by atoms with van der Waals surface area (Å²) in [7, 11) is 1.63. The molecule has 0 aromatic heterocycles. The van der Waals surface area contributed by atoms with E-state index >= 15 is 0 Å². The van der Waals surface area contributed by atoms with Gasteiger partial charge in [-0.25, -0.2) is 0 Å². The van der Waals surface area contributed by atoms with Gasteiger partial charge in [-0.15, -0.1) is 0 Å². The summed E-state index contributed by atoms with van der Waals surface area (Å²) in [4.78, 5) is 0. The highest BCUT2D eigenvalue weighted by molar-refractivity contribution is 9.10. The maximum Gasteiger partial charge on any atom is 0.122 e. The van der Waals surface area contributed by atoms with E-state index in [1.54, 1.807) is 7.11 Å². The van der Waals surface area contributed by atoms with E-state index < -0.39 is 6.10 Å². The summed E-state index contributed by atoms with van der Waals surface area (Å²) in [5, 5.41) is 10.8. The third-order valence-electron chi connectivity index (χ3n) is 3.73. The van der Waals surface area contributed by atoms with Crippen molar-refractivity contribution in [2.75, 3.05) is 13.7 Å². The van der Waals surface area contributed by atoms with Crippen LogP contribution in [0.25, 0.3) is 0 Å². The second-order valence-electron chi connectivity index (χ2n) is 5.03. The van der Waals surface area contributed by atoms with Crippen LogP contribution in [0, 0.1) is 6.92 Å². The van der Waals surface area contributed by atoms with Crippen LogP contribution < -0.4 is 10.5 Å². The monoisotopic (exact) mass is 349 g/mol. The molecule has 0 aliphatic rings. The molecule has 2 rings (SSSR count). The van der Waals surface area contributed by atoms with Crippen LogP contribution in [0.2, 0.25) is 0 Å². The molecule has 3 N–H and O–H groups in total. The van der Waals surface area contributed by atoms with Crippen molar-refractivity contribution >= 4 is 15.9 Å². The number of hydrogen-bond acceptors (Lipinski definition) is 3. The van der Waals surface area contributed by atoms with E-state index in [2.05, 4.69) is 15.9 Å². The maximum absolute atomic E-state index is 10.8. The van der Waals surface area contributed by atoms with E-state index in [-0.39, 0.29) is 5.92 Å². The summed E-state index contributed by atoms with van der Waals surface area (Å²) in [6.45, 7) is 2.33. The zero-order chi connectivity index (χ0) is 15.4. The standard InChI is InChI=1S/C17H20BrNO2/c1-11-7-8-12(18)9-14(11)17(20)15(10-19)13-5-3-4-6-16(13)21-2/h3-9,15,17,20H,10,19H2,1-2H3. The SMILES string of the molecule is COc1ccccc1C(CN)C(O)c1cc(Br)ccc1C. The van der Waals surface area contributed by atoms with Gasteiger partial charge in [0, 0.05) is 22.5 Å². The molecular formula is C17H20BrNO2. The van der Waals surface area contributed by atoms with Crippen LogP contribution in [0.5, 0.6) is 5.75 Å². The van der Waals surface area contributed by atoms with Gasteiger partial charge in [0.15, 0.2) is 0 Å². The van der Waals surface area contributed by atoms with Gasteiger partial charge in [-0.2, -0.15) is 0 Å². The minimum Gasteiger partial charge on any atom is -0.496 e. The molecule has 0 fully saturated rings. The first-order chi connectivity index (χ1) is 10.1. The quantitative estimate of drug-likeness (QED) is 0.867. The van der Waals surface area contributed by atoms with Crippen LogP contribution in [0.15, 0.2) is 46.9 Å². The zero-order valence-corrected chi connectivity index (χ0v) is 13.8. The molecule has 0 aliphatic carbocycles. The predicted molar refractivity (Wildman–Crippen MR) is 88.6 cm³/mol. The molecule has 2 unspecified atom stereocenters. The predicted octanol–water partition coefficient (Wildman–Crippen LogP) is 3.54. The third kappa shape index (κ3) is 3.46. The van der Waals surface area contributed by atoms with Gasteiger partial charge in [0.25, 0.3) is 0 Å². The number of rotatable bonds is 5. The Bertz CT molecular complexity index is 615. The second kappa shape index (κ2) is 7.07. The molecule has 0 radical (unpaired) electrons. The van der Waals surface area contributed by atoms with Crippen LogP contribution in [-0.2, 0) is 0 Å². The number of benzene rings is 2. The summed E-state index contributed by atoms with van der Waals surface area (Å²) in [5.74, 6) is 0.536. The second-order valence-corrected chi connectivity index (χ2v) is 5.95. The molecule has 3 nitrogen and oxygen atoms in total. The number of aryl methyl sites for hydroxylation is 1. The van der Waals surface area contributed by atoms with E-state index in [0.29, 0.717) is 6.54 Å². The lowest BCUT2D eigenvalue weighted by Crippen LogP contribution is -2.21. The molecule has 0 heterocycles. The average Bonchev–Trinajstić information content (AvgIpc) is 2.50. The van der Waals surface area contributed by atoms with Crippen LogP contribution in [-0.4, -0.2) is 18.8 Å². The van der Waals surface area contributed by atoms with Crippen molar-refractivity contribution in [1.82, 2.24) is 0 Å². The average molecular weight is 350 g/mol. The van der Waals surface area contributed by atoms with Gasteiger partial charge in [0.1, 0.15) is 5.75 Å². The highest BCUT2D eigenvalue weighted by atomic mass is 79.9. The lowest BCUT2D eigenvalue weighted by atomic mass is 9.87. The van der Waals surface area contributed by atoms with Crippen molar-refractivity contribution in [3.63, 3.8) is 0 Å². The first-order valence-corrected chi connectivity index (χ1v) is 7.65. The van der Waals surface area contributed by atoms with Crippen LogP contribution in [0.3, 0.4) is 0 Å². The maximum atomic E-state index is 10.8.